The van der Waals surface area contributed by atoms with Crippen LogP contribution in [-0.4, -0.2) is 62.0 Å². The smallest absolute Gasteiger partial charge is 0.185 e. The van der Waals surface area contributed by atoms with E-state index in [-0.39, 0.29) is 54.2 Å². The number of sulfone groups is 1. The highest BCUT2D eigenvalue weighted by atomic mass is 32.2. The quantitative estimate of drug-likeness (QED) is 0.347. The Kier molecular flexibility index (Phi) is 9.45. The first kappa shape index (κ1) is 30.6. The molecule has 4 rings (SSSR count). The summed E-state index contributed by atoms with van der Waals surface area (Å²) in [5.74, 6) is -3.77. The summed E-state index contributed by atoms with van der Waals surface area (Å²) in [6.07, 6.45) is 5.17. The maximum Gasteiger partial charge on any atom is 0.185 e. The number of ketones is 1. The van der Waals surface area contributed by atoms with Gasteiger partial charge in [0.1, 0.15) is 44.4 Å². The molecule has 2 heterocycles. The van der Waals surface area contributed by atoms with Crippen LogP contribution in [0.1, 0.15) is 47.3 Å². The molecule has 220 valence electrons. The van der Waals surface area contributed by atoms with Crippen molar-refractivity contribution in [3.63, 3.8) is 0 Å². The Hall–Kier alpha value is -3.35. The van der Waals surface area contributed by atoms with Gasteiger partial charge in [-0.05, 0) is 54.0 Å². The highest BCUT2D eigenvalue weighted by molar-refractivity contribution is 7.90. The number of nitrogens with two attached hydrogens (primary N) is 1. The first-order chi connectivity index (χ1) is 19.4. The lowest BCUT2D eigenvalue weighted by Crippen LogP contribution is -2.47. The van der Waals surface area contributed by atoms with E-state index >= 15 is 0 Å². The molecule has 4 atom stereocenters. The molecule has 2 aromatic heterocycles. The van der Waals surface area contributed by atoms with Gasteiger partial charge in [0.2, 0.25) is 0 Å². The number of carbonyl (C=O) groups is 1. The second kappa shape index (κ2) is 12.7. The molecular weight excluding hydrogens is 559 g/mol. The maximum absolute atomic E-state index is 14.6. The molecule has 1 aromatic carbocycles. The molecule has 0 amide bonds. The summed E-state index contributed by atoms with van der Waals surface area (Å²) in [6.45, 7) is 2.06. The van der Waals surface area contributed by atoms with Crippen molar-refractivity contribution < 1.29 is 35.9 Å². The molecule has 0 bridgehead atoms. The Bertz CT molecular complexity index is 1500. The number of aromatic nitrogens is 2. The lowest BCUT2D eigenvalue weighted by atomic mass is 9.73. The van der Waals surface area contributed by atoms with Crippen LogP contribution >= 0.6 is 0 Å². The van der Waals surface area contributed by atoms with Crippen LogP contribution in [0.2, 0.25) is 0 Å². The zero-order chi connectivity index (χ0) is 29.9. The van der Waals surface area contributed by atoms with Crippen molar-refractivity contribution in [2.75, 3.05) is 25.7 Å². The zero-order valence-electron chi connectivity index (χ0n) is 22.9. The van der Waals surface area contributed by atoms with Crippen LogP contribution in [-0.2, 0) is 21.0 Å². The maximum atomic E-state index is 14.6. The fraction of sp³-hybridized carbons (Fsp3) is 0.414. The normalized spacial score (nSPS) is 21.0. The van der Waals surface area contributed by atoms with Crippen molar-refractivity contribution in [1.82, 2.24) is 9.97 Å². The van der Waals surface area contributed by atoms with Crippen LogP contribution in [0.3, 0.4) is 0 Å². The summed E-state index contributed by atoms with van der Waals surface area (Å²) >= 11 is 0. The van der Waals surface area contributed by atoms with Crippen molar-refractivity contribution in [3.05, 3.63) is 77.0 Å². The number of methoxy groups -OCH3 is 1. The molecular formula is C29H32F3N3O5S. The van der Waals surface area contributed by atoms with Gasteiger partial charge in [-0.25, -0.2) is 26.6 Å². The second-order valence-electron chi connectivity index (χ2n) is 10.4. The number of nitrogens with zero attached hydrogens (tertiary/aromatic N) is 2. The zero-order valence-corrected chi connectivity index (χ0v) is 23.8. The molecule has 2 N–H and O–H groups in total. The van der Waals surface area contributed by atoms with E-state index in [1.807, 2.05) is 13.0 Å². The fourth-order valence-corrected chi connectivity index (χ4v) is 5.75. The van der Waals surface area contributed by atoms with Crippen molar-refractivity contribution in [2.24, 2.45) is 11.7 Å². The predicted molar refractivity (Wildman–Crippen MR) is 147 cm³/mol. The van der Waals surface area contributed by atoms with Crippen LogP contribution in [0, 0.1) is 23.4 Å². The molecule has 3 aromatic rings. The molecule has 8 nitrogen and oxygen atoms in total. The number of halogens is 3. The lowest BCUT2D eigenvalue weighted by Gasteiger charge is -2.39. The molecule has 12 heteroatoms. The number of benzene rings is 1. The van der Waals surface area contributed by atoms with Crippen LogP contribution in [0.5, 0.6) is 5.75 Å². The van der Waals surface area contributed by atoms with Crippen molar-refractivity contribution in [2.45, 2.75) is 44.2 Å². The van der Waals surface area contributed by atoms with E-state index < -0.39 is 44.3 Å². The SMILES string of the molecule is COc1cc(F)c(-c2nc(C(=O)Cc3cnccc3[C@H]3C[C@@H](N)[C@@H](OCCS(C)(=O)=O)[C@@H](C)C3)ccc2F)c(F)c1. The molecule has 1 aliphatic rings. The number of pyridine rings is 2. The van der Waals surface area contributed by atoms with Gasteiger partial charge in [0.05, 0.1) is 31.1 Å². The minimum atomic E-state index is -3.15. The van der Waals surface area contributed by atoms with Crippen LogP contribution in [0.25, 0.3) is 11.3 Å². The first-order valence-corrected chi connectivity index (χ1v) is 15.1. The Labute approximate surface area is 237 Å². The average molecular weight is 592 g/mol. The number of rotatable bonds is 10. The molecule has 0 aliphatic heterocycles. The van der Waals surface area contributed by atoms with Gasteiger partial charge in [-0.3, -0.25) is 9.78 Å². The first-order valence-electron chi connectivity index (χ1n) is 13.1. The Morgan fingerprint density at radius 3 is 2.44 bits per heavy atom. The summed E-state index contributed by atoms with van der Waals surface area (Å²) < 4.78 is 77.5. The standard InChI is InChI=1S/C29H32F3N3O5S/c1-16-10-17(11-24(33)29(16)40-8-9-41(3,37)38)20-6-7-34-15-18(20)12-26(36)25-5-4-21(30)28(35-25)27-22(31)13-19(39-2)14-23(27)32/h4-7,13-17,24,29H,8-12,33H2,1-3H3/t16-,17+,24+,29-/m0/s1. The minimum absolute atomic E-state index is 0.0141. The summed E-state index contributed by atoms with van der Waals surface area (Å²) in [5.41, 5.74) is 6.49. The number of ether oxygens (including phenoxy) is 2. The van der Waals surface area contributed by atoms with E-state index in [0.29, 0.717) is 18.4 Å². The largest absolute Gasteiger partial charge is 0.497 e. The van der Waals surface area contributed by atoms with Gasteiger partial charge < -0.3 is 15.2 Å². The third-order valence-electron chi connectivity index (χ3n) is 7.31. The van der Waals surface area contributed by atoms with E-state index in [1.54, 1.807) is 12.4 Å². The highest BCUT2D eigenvalue weighted by Crippen LogP contribution is 2.38. The van der Waals surface area contributed by atoms with Crippen LogP contribution in [0.4, 0.5) is 13.2 Å². The number of hydrogen-bond acceptors (Lipinski definition) is 8. The van der Waals surface area contributed by atoms with Gasteiger partial charge in [0, 0.05) is 43.2 Å². The van der Waals surface area contributed by atoms with E-state index in [2.05, 4.69) is 9.97 Å². The monoisotopic (exact) mass is 591 g/mol. The molecule has 1 fully saturated rings. The van der Waals surface area contributed by atoms with Crippen molar-refractivity contribution in [1.29, 1.82) is 0 Å². The van der Waals surface area contributed by atoms with Gasteiger partial charge in [0.25, 0.3) is 0 Å². The van der Waals surface area contributed by atoms with Crippen LogP contribution < -0.4 is 10.5 Å². The summed E-state index contributed by atoms with van der Waals surface area (Å²) in [5, 5.41) is 0. The average Bonchev–Trinajstić information content (AvgIpc) is 2.90. The summed E-state index contributed by atoms with van der Waals surface area (Å²) in [6, 6.07) is 5.42. The van der Waals surface area contributed by atoms with Gasteiger partial charge in [-0.2, -0.15) is 0 Å². The third kappa shape index (κ3) is 7.30. The number of hydrogen-bond donors (Lipinski definition) is 1. The second-order valence-corrected chi connectivity index (χ2v) is 12.7. The van der Waals surface area contributed by atoms with E-state index in [9.17, 15) is 26.4 Å². The topological polar surface area (TPSA) is 121 Å². The highest BCUT2D eigenvalue weighted by Gasteiger charge is 2.36. The van der Waals surface area contributed by atoms with Gasteiger partial charge >= 0.3 is 0 Å². The molecule has 0 unspecified atom stereocenters. The lowest BCUT2D eigenvalue weighted by molar-refractivity contribution is -0.0154. The van der Waals surface area contributed by atoms with Crippen molar-refractivity contribution in [3.8, 4) is 17.0 Å². The Balaban J connectivity index is 1.53. The van der Waals surface area contributed by atoms with Crippen LogP contribution in [0.15, 0.2) is 42.7 Å². The Morgan fingerprint density at radius 2 is 1.80 bits per heavy atom. The Morgan fingerprint density at radius 1 is 1.10 bits per heavy atom. The number of carbonyl (C=O) groups excluding carboxylic acids is 1. The molecule has 1 aliphatic carbocycles. The van der Waals surface area contributed by atoms with E-state index in [4.69, 9.17) is 15.2 Å². The van der Waals surface area contributed by atoms with E-state index in [0.717, 1.165) is 30.0 Å². The third-order valence-corrected chi connectivity index (χ3v) is 8.22. The summed E-state index contributed by atoms with van der Waals surface area (Å²) in [4.78, 5) is 21.4. The molecule has 0 spiro atoms. The van der Waals surface area contributed by atoms with Gasteiger partial charge in [-0.15, -0.1) is 0 Å². The molecule has 41 heavy (non-hydrogen) atoms. The molecule has 1 saturated carbocycles. The molecule has 0 saturated heterocycles. The minimum Gasteiger partial charge on any atom is -0.497 e. The number of Topliss-reactive ketones (excluding diaryl/α,β-unsaturated/α-hetero) is 1. The van der Waals surface area contributed by atoms with E-state index in [1.165, 1.54) is 13.2 Å². The van der Waals surface area contributed by atoms with Gasteiger partial charge in [0.15, 0.2) is 5.78 Å². The predicted octanol–water partition coefficient (Wildman–Crippen LogP) is 4.27. The van der Waals surface area contributed by atoms with Gasteiger partial charge in [-0.1, -0.05) is 6.92 Å². The fourth-order valence-electron chi connectivity index (χ4n) is 5.36. The van der Waals surface area contributed by atoms with Crippen molar-refractivity contribution >= 4 is 15.6 Å². The summed E-state index contributed by atoms with van der Waals surface area (Å²) in [7, 11) is -1.91. The molecule has 0 radical (unpaired) electrons.